The lowest BCUT2D eigenvalue weighted by atomic mass is 10.1. The number of benzene rings is 4. The molecule has 0 aliphatic carbocycles. The number of hydrogen-bond acceptors (Lipinski definition) is 6. The number of nitriles is 1. The van der Waals surface area contributed by atoms with Gasteiger partial charge in [0, 0.05) is 41.1 Å². The number of carboxylic acid groups (broad SMARTS) is 2. The summed E-state index contributed by atoms with van der Waals surface area (Å²) in [7, 11) is 0. The predicted octanol–water partition coefficient (Wildman–Crippen LogP) is 11.7. The Labute approximate surface area is 325 Å². The Kier molecular flexibility index (Phi) is 8.25. The van der Waals surface area contributed by atoms with Crippen molar-refractivity contribution in [2.75, 3.05) is 0 Å². The topological polar surface area (TPSA) is 113 Å². The van der Waals surface area contributed by atoms with Crippen LogP contribution in [0.4, 0.5) is 0 Å². The van der Waals surface area contributed by atoms with Crippen LogP contribution in [0.15, 0.2) is 133 Å². The number of rotatable bonds is 8. The molecule has 0 aliphatic rings. The number of aliphatic carboxylic acids is 2. The molecule has 262 valence electrons. The van der Waals surface area contributed by atoms with Crippen molar-refractivity contribution in [3.63, 3.8) is 0 Å². The summed E-state index contributed by atoms with van der Waals surface area (Å²) in [5.74, 6) is -2.50. The molecule has 9 rings (SSSR count). The first-order valence-corrected chi connectivity index (χ1v) is 19.3. The summed E-state index contributed by atoms with van der Waals surface area (Å²) in [5.41, 5.74) is 4.73. The summed E-state index contributed by atoms with van der Waals surface area (Å²) in [5, 5.41) is 34.2. The van der Waals surface area contributed by atoms with Gasteiger partial charge in [0.05, 0.1) is 28.6 Å². The zero-order valence-corrected chi connectivity index (χ0v) is 30.9. The first-order chi connectivity index (χ1) is 26.8. The Morgan fingerprint density at radius 2 is 1.04 bits per heavy atom. The molecular formula is C44H24N4O4S3. The minimum atomic E-state index is -1.25. The summed E-state index contributed by atoms with van der Waals surface area (Å²) < 4.78 is 4.47. The van der Waals surface area contributed by atoms with E-state index in [0.29, 0.717) is 11.1 Å². The second-order valence-corrected chi connectivity index (χ2v) is 15.8. The Morgan fingerprint density at radius 3 is 1.51 bits per heavy atom. The van der Waals surface area contributed by atoms with E-state index in [-0.39, 0.29) is 11.3 Å². The molecule has 11 heteroatoms. The molecule has 5 heterocycles. The van der Waals surface area contributed by atoms with Gasteiger partial charge in [0.15, 0.2) is 0 Å². The molecule has 0 saturated carbocycles. The third-order valence-corrected chi connectivity index (χ3v) is 13.0. The zero-order valence-electron chi connectivity index (χ0n) is 28.4. The van der Waals surface area contributed by atoms with E-state index < -0.39 is 11.9 Å². The maximum atomic E-state index is 11.5. The molecule has 0 unspecified atom stereocenters. The summed E-state index contributed by atoms with van der Waals surface area (Å²) in [6, 6.07) is 42.5. The van der Waals surface area contributed by atoms with Gasteiger partial charge in [-0.2, -0.15) is 5.26 Å². The molecule has 0 saturated heterocycles. The van der Waals surface area contributed by atoms with E-state index in [4.69, 9.17) is 6.57 Å². The van der Waals surface area contributed by atoms with Gasteiger partial charge >= 0.3 is 11.9 Å². The maximum absolute atomic E-state index is 11.5. The molecule has 0 bridgehead atoms. The van der Waals surface area contributed by atoms with Crippen molar-refractivity contribution in [3.8, 4) is 35.6 Å². The fraction of sp³-hybridized carbons (Fsp3) is 0. The molecule has 0 spiro atoms. The highest BCUT2D eigenvalue weighted by molar-refractivity contribution is 7.27. The van der Waals surface area contributed by atoms with E-state index in [9.17, 15) is 25.1 Å². The van der Waals surface area contributed by atoms with Crippen LogP contribution in [0, 0.1) is 17.9 Å². The Hall–Kier alpha value is -7.02. The summed E-state index contributed by atoms with van der Waals surface area (Å²) in [6.45, 7) is 7.25. The molecule has 0 fully saturated rings. The summed E-state index contributed by atoms with van der Waals surface area (Å²) in [4.78, 5) is 30.7. The van der Waals surface area contributed by atoms with Crippen LogP contribution in [-0.2, 0) is 9.59 Å². The SMILES string of the molecule is [C-]#[N+]C(=Cc1ccc2c(c1)c1ccccc1n2-c1ccc(-c2ccc(-c3ccc(-n4c5ccccc5c5cc(C=C(C#N)C(=O)O)ccc54)s3)s2)s1)C(=O)O. The van der Waals surface area contributed by atoms with E-state index in [1.165, 1.54) is 12.2 Å². The van der Waals surface area contributed by atoms with Crippen LogP contribution >= 0.6 is 34.0 Å². The second kappa shape index (κ2) is 13.4. The van der Waals surface area contributed by atoms with Gasteiger partial charge in [-0.05, 0) is 96.1 Å². The van der Waals surface area contributed by atoms with Gasteiger partial charge in [-0.3, -0.25) is 4.79 Å². The monoisotopic (exact) mass is 768 g/mol. The lowest BCUT2D eigenvalue weighted by Gasteiger charge is -2.04. The van der Waals surface area contributed by atoms with Gasteiger partial charge in [-0.25, -0.2) is 9.64 Å². The number of nitrogens with zero attached hydrogens (tertiary/aromatic N) is 4. The van der Waals surface area contributed by atoms with E-state index in [0.717, 1.165) is 73.1 Å². The average molecular weight is 769 g/mol. The minimum absolute atomic E-state index is 0.313. The molecule has 9 aromatic rings. The van der Waals surface area contributed by atoms with Crippen LogP contribution in [0.5, 0.6) is 0 Å². The van der Waals surface area contributed by atoms with E-state index >= 15 is 0 Å². The molecule has 4 aromatic carbocycles. The number of fused-ring (bicyclic) bond motifs is 6. The third-order valence-electron chi connectivity index (χ3n) is 9.41. The maximum Gasteiger partial charge on any atom is 0.346 e. The fourth-order valence-electron chi connectivity index (χ4n) is 7.01. The quantitative estimate of drug-likeness (QED) is 0.0908. The van der Waals surface area contributed by atoms with Crippen molar-refractivity contribution < 1.29 is 19.8 Å². The zero-order chi connectivity index (χ0) is 37.8. The number of hydrogen-bond donors (Lipinski definition) is 2. The van der Waals surface area contributed by atoms with Crippen LogP contribution < -0.4 is 0 Å². The highest BCUT2D eigenvalue weighted by atomic mass is 32.1. The Balaban J connectivity index is 1.06. The van der Waals surface area contributed by atoms with Crippen LogP contribution in [0.25, 0.3) is 90.1 Å². The second-order valence-electron chi connectivity index (χ2n) is 12.6. The molecule has 0 aliphatic heterocycles. The molecule has 8 nitrogen and oxygen atoms in total. The highest BCUT2D eigenvalue weighted by Crippen LogP contribution is 2.44. The van der Waals surface area contributed by atoms with Crippen LogP contribution in [0.3, 0.4) is 0 Å². The van der Waals surface area contributed by atoms with Crippen molar-refractivity contribution in [1.29, 1.82) is 5.26 Å². The lowest BCUT2D eigenvalue weighted by molar-refractivity contribution is -0.133. The first kappa shape index (κ1) is 33.8. The summed E-state index contributed by atoms with van der Waals surface area (Å²) >= 11 is 5.15. The van der Waals surface area contributed by atoms with Crippen molar-refractivity contribution in [2.24, 2.45) is 0 Å². The largest absolute Gasteiger partial charge is 0.486 e. The predicted molar refractivity (Wildman–Crippen MR) is 223 cm³/mol. The normalized spacial score (nSPS) is 12.1. The smallest absolute Gasteiger partial charge is 0.346 e. The molecular weight excluding hydrogens is 745 g/mol. The number of para-hydroxylation sites is 2. The number of carboxylic acids is 2. The van der Waals surface area contributed by atoms with E-state index in [2.05, 4.69) is 74.6 Å². The van der Waals surface area contributed by atoms with Crippen LogP contribution in [-0.4, -0.2) is 31.3 Å². The summed E-state index contributed by atoms with van der Waals surface area (Å²) in [6.07, 6.45) is 2.81. The standard InChI is InChI=1S/C44H24N4O4S3/c1-46-32(44(51)52)23-26-11-13-36-31(22-26)29-7-3-5-9-34(29)48(36)42-19-17-40(55-42)38-15-14-37(53-38)39-16-18-41(54-39)47-33-8-4-2-6-28(33)30-21-25(10-12-35(30)47)20-27(24-45)43(49)50/h2-23H,(H,49,50)(H,51,52). The van der Waals surface area contributed by atoms with Gasteiger partial charge in [0.25, 0.3) is 5.70 Å². The number of thiophene rings is 3. The third kappa shape index (κ3) is 5.80. The Morgan fingerprint density at radius 1 is 0.582 bits per heavy atom. The van der Waals surface area contributed by atoms with Gasteiger partial charge in [0.2, 0.25) is 0 Å². The molecule has 0 radical (unpaired) electrons. The fourth-order valence-corrected chi connectivity index (χ4v) is 10.3. The van der Waals surface area contributed by atoms with Crippen molar-refractivity contribution in [3.05, 3.63) is 155 Å². The highest BCUT2D eigenvalue weighted by Gasteiger charge is 2.18. The molecule has 0 atom stereocenters. The van der Waals surface area contributed by atoms with Crippen LogP contribution in [0.2, 0.25) is 0 Å². The number of carbonyl (C=O) groups is 2. The first-order valence-electron chi connectivity index (χ1n) is 16.9. The van der Waals surface area contributed by atoms with Gasteiger partial charge in [0.1, 0.15) is 21.6 Å². The van der Waals surface area contributed by atoms with Crippen LogP contribution in [0.1, 0.15) is 11.1 Å². The molecule has 0 amide bonds. The van der Waals surface area contributed by atoms with E-state index in [1.54, 1.807) is 40.1 Å². The average Bonchev–Trinajstić information content (AvgIpc) is 4.04. The van der Waals surface area contributed by atoms with Crippen molar-refractivity contribution in [1.82, 2.24) is 9.13 Å². The number of aromatic nitrogens is 2. The minimum Gasteiger partial charge on any atom is -0.486 e. The molecule has 55 heavy (non-hydrogen) atoms. The van der Waals surface area contributed by atoms with Gasteiger partial charge in [-0.15, -0.1) is 34.0 Å². The molecule has 2 N–H and O–H groups in total. The molecule has 5 aromatic heterocycles. The van der Waals surface area contributed by atoms with Gasteiger partial charge in [-0.1, -0.05) is 48.5 Å². The van der Waals surface area contributed by atoms with Crippen molar-refractivity contribution >= 4 is 102 Å². The lowest BCUT2D eigenvalue weighted by Crippen LogP contribution is -1.97. The van der Waals surface area contributed by atoms with E-state index in [1.807, 2.05) is 60.7 Å². The van der Waals surface area contributed by atoms with Gasteiger partial charge < -0.3 is 19.3 Å². The Bertz CT molecular complexity index is 3000. The van der Waals surface area contributed by atoms with Crippen molar-refractivity contribution in [2.45, 2.75) is 0 Å².